The van der Waals surface area contributed by atoms with E-state index in [1.165, 1.54) is 0 Å². The fraction of sp³-hybridized carbons (Fsp3) is 0.667. The molecule has 5 nitrogen and oxygen atoms in total. The van der Waals surface area contributed by atoms with E-state index < -0.39 is 18.0 Å². The van der Waals surface area contributed by atoms with Crippen molar-refractivity contribution in [2.45, 2.75) is 24.9 Å². The number of nitrogens with one attached hydrogen (secondary N) is 2. The molecule has 2 rings (SSSR count). The number of rotatable bonds is 6. The van der Waals surface area contributed by atoms with Crippen LogP contribution in [0.1, 0.15) is 12.0 Å². The van der Waals surface area contributed by atoms with E-state index in [1.54, 1.807) is 16.2 Å². The number of hydrogen-bond donors (Lipinski definition) is 2. The van der Waals surface area contributed by atoms with Crippen molar-refractivity contribution in [1.29, 1.82) is 0 Å². The first-order valence-electron chi connectivity index (χ1n) is 7.68. The molecule has 0 saturated carbocycles. The van der Waals surface area contributed by atoms with E-state index in [0.717, 1.165) is 5.56 Å². The van der Waals surface area contributed by atoms with Crippen molar-refractivity contribution in [1.82, 2.24) is 20.4 Å². The number of piperidine rings is 1. The maximum atomic E-state index is 13.9. The molecule has 1 aromatic heterocycles. The molecule has 23 heavy (non-hydrogen) atoms. The second-order valence-electron chi connectivity index (χ2n) is 6.07. The molecule has 1 aliphatic heterocycles. The van der Waals surface area contributed by atoms with Gasteiger partial charge in [-0.1, -0.05) is 0 Å². The van der Waals surface area contributed by atoms with Crippen molar-refractivity contribution < 1.29 is 13.6 Å². The van der Waals surface area contributed by atoms with Gasteiger partial charge in [0.2, 0.25) is 0 Å². The average Bonchev–Trinajstić information content (AvgIpc) is 2.98. The van der Waals surface area contributed by atoms with E-state index >= 15 is 0 Å². The minimum atomic E-state index is -2.86. The van der Waals surface area contributed by atoms with E-state index in [0.29, 0.717) is 19.6 Å². The molecule has 0 bridgehead atoms. The van der Waals surface area contributed by atoms with Gasteiger partial charge in [-0.3, -0.25) is 0 Å². The van der Waals surface area contributed by atoms with Gasteiger partial charge in [0, 0.05) is 39.1 Å². The number of urea groups is 1. The van der Waals surface area contributed by atoms with Gasteiger partial charge in [-0.15, -0.1) is 0 Å². The smallest absolute Gasteiger partial charge is 0.318 e. The summed E-state index contributed by atoms with van der Waals surface area (Å²) >= 11 is 1.55. The van der Waals surface area contributed by atoms with Crippen LogP contribution >= 0.6 is 11.3 Å². The molecule has 2 N–H and O–H groups in total. The monoisotopic (exact) mass is 346 g/mol. The molecule has 1 atom stereocenters. The molecule has 8 heteroatoms. The number of nitrogens with zero attached hydrogens (tertiary/aromatic N) is 2. The Labute approximate surface area is 139 Å². The average molecular weight is 346 g/mol. The van der Waals surface area contributed by atoms with Gasteiger partial charge in [0.1, 0.15) is 6.04 Å². The third kappa shape index (κ3) is 5.40. The molecule has 2 amide bonds. The molecule has 2 heterocycles. The van der Waals surface area contributed by atoms with Crippen LogP contribution in [-0.4, -0.2) is 68.1 Å². The molecule has 1 fully saturated rings. The highest BCUT2D eigenvalue weighted by Crippen LogP contribution is 2.25. The van der Waals surface area contributed by atoms with Crippen molar-refractivity contribution in [2.24, 2.45) is 0 Å². The highest BCUT2D eigenvalue weighted by molar-refractivity contribution is 7.07. The number of likely N-dealkylation sites (N-methyl/N-ethyl adjacent to an activating group) is 1. The van der Waals surface area contributed by atoms with Crippen LogP contribution in [0.15, 0.2) is 16.8 Å². The summed E-state index contributed by atoms with van der Waals surface area (Å²) in [5, 5.41) is 9.32. The maximum absolute atomic E-state index is 13.9. The first kappa shape index (κ1) is 18.1. The predicted octanol–water partition coefficient (Wildman–Crippen LogP) is 1.82. The van der Waals surface area contributed by atoms with Crippen LogP contribution in [0.3, 0.4) is 0 Å². The molecule has 130 valence electrons. The Bertz CT molecular complexity index is 496. The lowest BCUT2D eigenvalue weighted by molar-refractivity contribution is -0.0541. The van der Waals surface area contributed by atoms with Crippen LogP contribution < -0.4 is 10.6 Å². The van der Waals surface area contributed by atoms with Crippen LogP contribution in [0.25, 0.3) is 0 Å². The molecule has 1 unspecified atom stereocenters. The topological polar surface area (TPSA) is 47.6 Å². The summed E-state index contributed by atoms with van der Waals surface area (Å²) in [6.45, 7) is 1.96. The van der Waals surface area contributed by atoms with Crippen molar-refractivity contribution >= 4 is 17.4 Å². The van der Waals surface area contributed by atoms with Gasteiger partial charge < -0.3 is 20.4 Å². The van der Waals surface area contributed by atoms with Gasteiger partial charge in [-0.05, 0) is 36.5 Å². The SMILES string of the molecule is CN(C)CCN(Cc1ccsc1)C(=O)NC1CNCCC1(F)F. The first-order chi connectivity index (χ1) is 10.9. The number of alkyl halides is 2. The van der Waals surface area contributed by atoms with Gasteiger partial charge in [0.05, 0.1) is 0 Å². The summed E-state index contributed by atoms with van der Waals surface area (Å²) in [6.07, 6.45) is -0.250. The van der Waals surface area contributed by atoms with Crippen LogP contribution in [0.4, 0.5) is 13.6 Å². The Balaban J connectivity index is 1.99. The molecule has 0 aromatic carbocycles. The van der Waals surface area contributed by atoms with E-state index in [2.05, 4.69) is 10.6 Å². The molecule has 0 aliphatic carbocycles. The summed E-state index contributed by atoms with van der Waals surface area (Å²) in [6, 6.07) is 0.344. The molecule has 1 aromatic rings. The summed E-state index contributed by atoms with van der Waals surface area (Å²) in [7, 11) is 3.83. The lowest BCUT2D eigenvalue weighted by atomic mass is 10.0. The summed E-state index contributed by atoms with van der Waals surface area (Å²) in [4.78, 5) is 16.0. The lowest BCUT2D eigenvalue weighted by Crippen LogP contribution is -2.59. The quantitative estimate of drug-likeness (QED) is 0.826. The van der Waals surface area contributed by atoms with Crippen molar-refractivity contribution in [3.05, 3.63) is 22.4 Å². The fourth-order valence-electron chi connectivity index (χ4n) is 2.40. The largest absolute Gasteiger partial charge is 0.328 e. The minimum Gasteiger partial charge on any atom is -0.328 e. The van der Waals surface area contributed by atoms with E-state index in [9.17, 15) is 13.6 Å². The highest BCUT2D eigenvalue weighted by Gasteiger charge is 2.42. The van der Waals surface area contributed by atoms with E-state index in [-0.39, 0.29) is 19.5 Å². The number of hydrogen-bond acceptors (Lipinski definition) is 4. The van der Waals surface area contributed by atoms with Gasteiger partial charge in [-0.2, -0.15) is 11.3 Å². The second-order valence-corrected chi connectivity index (χ2v) is 6.85. The molecule has 0 spiro atoms. The summed E-state index contributed by atoms with van der Waals surface area (Å²) < 4.78 is 27.8. The fourth-order valence-corrected chi connectivity index (χ4v) is 3.06. The number of halogens is 2. The Kier molecular flexibility index (Phi) is 6.32. The minimum absolute atomic E-state index is 0.0959. The highest BCUT2D eigenvalue weighted by atomic mass is 32.1. The number of carbonyl (C=O) groups excluding carboxylic acids is 1. The van der Waals surface area contributed by atoms with E-state index in [4.69, 9.17) is 0 Å². The van der Waals surface area contributed by atoms with Crippen LogP contribution in [0.2, 0.25) is 0 Å². The first-order valence-corrected chi connectivity index (χ1v) is 8.62. The van der Waals surface area contributed by atoms with Crippen molar-refractivity contribution in [3.63, 3.8) is 0 Å². The third-order valence-corrected chi connectivity index (χ3v) is 4.58. The summed E-state index contributed by atoms with van der Waals surface area (Å²) in [5.74, 6) is -2.86. The zero-order chi connectivity index (χ0) is 16.9. The molecular formula is C15H24F2N4OS. The van der Waals surface area contributed by atoms with Crippen molar-refractivity contribution in [2.75, 3.05) is 40.3 Å². The Morgan fingerprint density at radius 2 is 2.26 bits per heavy atom. The van der Waals surface area contributed by atoms with Crippen molar-refractivity contribution in [3.8, 4) is 0 Å². The number of thiophene rings is 1. The molecule has 1 saturated heterocycles. The Morgan fingerprint density at radius 3 is 2.87 bits per heavy atom. The normalized spacial score (nSPS) is 20.5. The van der Waals surface area contributed by atoms with Crippen LogP contribution in [-0.2, 0) is 6.54 Å². The standard InChI is InChI=1S/C15H24F2N4OS/c1-20(2)6-7-21(10-12-3-8-23-11-12)14(22)19-13-9-18-5-4-15(13,16)17/h3,8,11,13,18H,4-7,9-10H2,1-2H3,(H,19,22). The summed E-state index contributed by atoms with van der Waals surface area (Å²) in [5.41, 5.74) is 1.01. The number of carbonyl (C=O) groups is 1. The molecular weight excluding hydrogens is 322 g/mol. The zero-order valence-electron chi connectivity index (χ0n) is 13.5. The van der Waals surface area contributed by atoms with Gasteiger partial charge >= 0.3 is 6.03 Å². The van der Waals surface area contributed by atoms with Gasteiger partial charge in [-0.25, -0.2) is 13.6 Å². The zero-order valence-corrected chi connectivity index (χ0v) is 14.3. The Morgan fingerprint density at radius 1 is 1.48 bits per heavy atom. The maximum Gasteiger partial charge on any atom is 0.318 e. The Hall–Kier alpha value is -1.25. The van der Waals surface area contributed by atoms with Gasteiger partial charge in [0.25, 0.3) is 5.92 Å². The third-order valence-electron chi connectivity index (χ3n) is 3.85. The second kappa shape index (κ2) is 8.03. The van der Waals surface area contributed by atoms with Crippen LogP contribution in [0, 0.1) is 0 Å². The molecule has 1 aliphatic rings. The van der Waals surface area contributed by atoms with Gasteiger partial charge in [0.15, 0.2) is 0 Å². The lowest BCUT2D eigenvalue weighted by Gasteiger charge is -2.34. The van der Waals surface area contributed by atoms with E-state index in [1.807, 2.05) is 35.8 Å². The number of amides is 2. The van der Waals surface area contributed by atoms with Crippen LogP contribution in [0.5, 0.6) is 0 Å². The predicted molar refractivity (Wildman–Crippen MR) is 88.0 cm³/mol. The molecule has 0 radical (unpaired) electrons.